The van der Waals surface area contributed by atoms with Gasteiger partial charge in [-0.1, -0.05) is 49.0 Å². The first-order valence-electron chi connectivity index (χ1n) is 8.64. The average molecular weight is 457 g/mol. The minimum atomic E-state index is -0.755. The summed E-state index contributed by atoms with van der Waals surface area (Å²) in [5.41, 5.74) is 0. The Kier molecular flexibility index (Phi) is 25.0. The number of hydrogen-bond acceptors (Lipinski definition) is 8. The Labute approximate surface area is 170 Å². The van der Waals surface area contributed by atoms with E-state index in [1.165, 1.54) is 41.3 Å². The predicted octanol–water partition coefficient (Wildman–Crippen LogP) is 3.04. The molecule has 0 bridgehead atoms. The molecular weight excluding hydrogens is 424 g/mol. The third-order valence-corrected chi connectivity index (χ3v) is 3.61. The van der Waals surface area contributed by atoms with E-state index in [0.29, 0.717) is 6.42 Å². The molecule has 0 aromatic rings. The summed E-state index contributed by atoms with van der Waals surface area (Å²) in [7, 11) is 4.96. The van der Waals surface area contributed by atoms with Crippen molar-refractivity contribution in [2.45, 2.75) is 52.4 Å². The minimum absolute atomic E-state index is 0.312. The van der Waals surface area contributed by atoms with E-state index in [-0.39, 0.29) is 6.42 Å². The molecule has 0 aromatic carbocycles. The quantitative estimate of drug-likeness (QED) is 0.225. The zero-order valence-electron chi connectivity index (χ0n) is 17.2. The van der Waals surface area contributed by atoms with Crippen molar-refractivity contribution in [3.05, 3.63) is 0 Å². The number of esters is 4. The van der Waals surface area contributed by atoms with Crippen LogP contribution in [0.2, 0.25) is 0 Å². The Morgan fingerprint density at radius 1 is 0.741 bits per heavy atom. The van der Waals surface area contributed by atoms with Gasteiger partial charge < -0.3 is 18.9 Å². The van der Waals surface area contributed by atoms with Crippen molar-refractivity contribution in [1.29, 1.82) is 0 Å². The summed E-state index contributed by atoms with van der Waals surface area (Å²) in [5.74, 6) is -2.95. The Hall–Kier alpha value is -1.64. The first-order chi connectivity index (χ1) is 12.8. The molecule has 9 heteroatoms. The van der Waals surface area contributed by atoms with Crippen LogP contribution in [0.15, 0.2) is 0 Å². The Morgan fingerprint density at radius 3 is 1.37 bits per heavy atom. The Bertz CT molecular complexity index is 380. The van der Waals surface area contributed by atoms with Gasteiger partial charge in [-0.25, -0.2) is 0 Å². The zero-order chi connectivity index (χ0) is 21.7. The smallest absolute Gasteiger partial charge is 0.320 e. The molecule has 0 aromatic heterocycles. The second kappa shape index (κ2) is 22.4. The van der Waals surface area contributed by atoms with Gasteiger partial charge in [0.05, 0.1) is 28.4 Å². The molecular formula is C18H33BrO8. The van der Waals surface area contributed by atoms with Crippen molar-refractivity contribution in [2.75, 3.05) is 33.8 Å². The van der Waals surface area contributed by atoms with Crippen LogP contribution in [-0.2, 0) is 38.1 Å². The maximum absolute atomic E-state index is 11.1. The van der Waals surface area contributed by atoms with E-state index >= 15 is 0 Å². The van der Waals surface area contributed by atoms with Crippen LogP contribution in [0, 0.1) is 5.92 Å². The highest BCUT2D eigenvalue weighted by Crippen LogP contribution is 2.11. The van der Waals surface area contributed by atoms with Crippen LogP contribution in [0.5, 0.6) is 0 Å². The van der Waals surface area contributed by atoms with E-state index in [2.05, 4.69) is 41.8 Å². The lowest BCUT2D eigenvalue weighted by Gasteiger charge is -2.10. The largest absolute Gasteiger partial charge is 0.469 e. The maximum Gasteiger partial charge on any atom is 0.320 e. The van der Waals surface area contributed by atoms with Gasteiger partial charge >= 0.3 is 23.9 Å². The lowest BCUT2D eigenvalue weighted by molar-refractivity contribution is -0.159. The van der Waals surface area contributed by atoms with Crippen LogP contribution in [0.25, 0.3) is 0 Å². The molecule has 0 amide bonds. The molecule has 0 fully saturated rings. The van der Waals surface area contributed by atoms with Crippen LogP contribution in [0.1, 0.15) is 52.4 Å². The van der Waals surface area contributed by atoms with Crippen molar-refractivity contribution in [3.8, 4) is 0 Å². The van der Waals surface area contributed by atoms with Crippen molar-refractivity contribution in [1.82, 2.24) is 0 Å². The molecule has 0 spiro atoms. The van der Waals surface area contributed by atoms with Gasteiger partial charge in [0.1, 0.15) is 6.42 Å². The summed E-state index contributed by atoms with van der Waals surface area (Å²) in [6, 6.07) is 0. The zero-order valence-corrected chi connectivity index (χ0v) is 18.8. The number of carbonyl (C=O) groups is 4. The second-order valence-corrected chi connectivity index (χ2v) is 5.91. The fourth-order valence-corrected chi connectivity index (χ4v) is 1.98. The molecule has 0 aliphatic heterocycles. The van der Waals surface area contributed by atoms with E-state index in [4.69, 9.17) is 0 Å². The van der Waals surface area contributed by atoms with Crippen LogP contribution >= 0.6 is 15.9 Å². The minimum Gasteiger partial charge on any atom is -0.469 e. The number of halogens is 1. The maximum atomic E-state index is 11.1. The lowest BCUT2D eigenvalue weighted by atomic mass is 10.0. The van der Waals surface area contributed by atoms with Gasteiger partial charge in [0.25, 0.3) is 0 Å². The predicted molar refractivity (Wildman–Crippen MR) is 104 cm³/mol. The fraction of sp³-hybridized carbons (Fsp3) is 0.778. The summed E-state index contributed by atoms with van der Waals surface area (Å²) >= 11 is 3.31. The number of alkyl halides is 1. The van der Waals surface area contributed by atoms with Crippen molar-refractivity contribution in [2.24, 2.45) is 5.92 Å². The molecule has 160 valence electrons. The monoisotopic (exact) mass is 456 g/mol. The van der Waals surface area contributed by atoms with Crippen molar-refractivity contribution < 1.29 is 38.1 Å². The third-order valence-electron chi connectivity index (χ3n) is 3.05. The van der Waals surface area contributed by atoms with E-state index in [0.717, 1.165) is 18.2 Å². The Morgan fingerprint density at radius 2 is 1.15 bits per heavy atom. The van der Waals surface area contributed by atoms with Crippen molar-refractivity contribution >= 4 is 39.8 Å². The van der Waals surface area contributed by atoms with Gasteiger partial charge in [-0.05, 0) is 12.8 Å². The summed E-state index contributed by atoms with van der Waals surface area (Å²) in [6.07, 6.45) is 4.54. The summed E-state index contributed by atoms with van der Waals surface area (Å²) in [5, 5.41) is 1.16. The van der Waals surface area contributed by atoms with Gasteiger partial charge in [-0.15, -0.1) is 0 Å². The first kappa shape index (κ1) is 30.1. The fourth-order valence-electron chi connectivity index (χ4n) is 1.42. The molecule has 27 heavy (non-hydrogen) atoms. The molecule has 0 N–H and O–H groups in total. The van der Waals surface area contributed by atoms with Crippen LogP contribution in [-0.4, -0.2) is 57.6 Å². The van der Waals surface area contributed by atoms with Gasteiger partial charge in [0.2, 0.25) is 0 Å². The molecule has 0 radical (unpaired) electrons. The van der Waals surface area contributed by atoms with E-state index in [1.54, 1.807) is 0 Å². The third kappa shape index (κ3) is 20.5. The average Bonchev–Trinajstić information content (AvgIpc) is 2.68. The standard InChI is InChI=1S/C9H16O4.C5H8O4.C4H9Br/c1-4-5-6-7(8(10)12-2)9(11)13-3;1-8-4(6)3-5(7)9-2;1-2-3-4-5/h7H,4-6H2,1-3H3;3H2,1-2H3;2-4H2,1H3. The molecule has 0 atom stereocenters. The van der Waals surface area contributed by atoms with E-state index in [9.17, 15) is 19.2 Å². The number of rotatable bonds is 9. The first-order valence-corrected chi connectivity index (χ1v) is 9.76. The molecule has 0 aliphatic carbocycles. The normalized spacial score (nSPS) is 9.04. The lowest BCUT2D eigenvalue weighted by Crippen LogP contribution is -2.26. The number of methoxy groups -OCH3 is 4. The topological polar surface area (TPSA) is 105 Å². The van der Waals surface area contributed by atoms with Gasteiger partial charge in [0.15, 0.2) is 5.92 Å². The van der Waals surface area contributed by atoms with Gasteiger partial charge in [-0.2, -0.15) is 0 Å². The van der Waals surface area contributed by atoms with Crippen LogP contribution < -0.4 is 0 Å². The SMILES string of the molecule is CCCCBr.CCCCC(C(=O)OC)C(=O)OC.COC(=O)CC(=O)OC. The summed E-state index contributed by atoms with van der Waals surface area (Å²) in [6.45, 7) is 4.17. The molecule has 0 rings (SSSR count). The highest BCUT2D eigenvalue weighted by molar-refractivity contribution is 9.09. The number of carbonyl (C=O) groups excluding carboxylic acids is 4. The van der Waals surface area contributed by atoms with E-state index in [1.807, 2.05) is 6.92 Å². The molecule has 0 heterocycles. The molecule has 8 nitrogen and oxygen atoms in total. The van der Waals surface area contributed by atoms with Gasteiger partial charge in [-0.3, -0.25) is 19.2 Å². The molecule has 0 aliphatic rings. The Balaban J connectivity index is -0.000000356. The molecule has 0 unspecified atom stereocenters. The molecule has 0 saturated heterocycles. The van der Waals surface area contributed by atoms with Crippen molar-refractivity contribution in [3.63, 3.8) is 0 Å². The van der Waals surface area contributed by atoms with Crippen LogP contribution in [0.3, 0.4) is 0 Å². The molecule has 0 saturated carbocycles. The highest BCUT2D eigenvalue weighted by atomic mass is 79.9. The number of hydrogen-bond donors (Lipinski definition) is 0. The van der Waals surface area contributed by atoms with E-state index < -0.39 is 29.8 Å². The summed E-state index contributed by atoms with van der Waals surface area (Å²) in [4.78, 5) is 42.7. The number of unbranched alkanes of at least 4 members (excludes halogenated alkanes) is 2. The van der Waals surface area contributed by atoms with Crippen LogP contribution in [0.4, 0.5) is 0 Å². The highest BCUT2D eigenvalue weighted by Gasteiger charge is 2.27. The summed E-state index contributed by atoms with van der Waals surface area (Å²) < 4.78 is 17.4. The van der Waals surface area contributed by atoms with Gasteiger partial charge in [0, 0.05) is 5.33 Å². The second-order valence-electron chi connectivity index (χ2n) is 5.11. The number of ether oxygens (including phenoxy) is 4.